The molecule has 1 heterocycles. The third-order valence-electron chi connectivity index (χ3n) is 4.80. The number of methoxy groups -OCH3 is 1. The van der Waals surface area contributed by atoms with Gasteiger partial charge < -0.3 is 19.9 Å². The number of nitrogens with one attached hydrogen (secondary N) is 1. The quantitative estimate of drug-likeness (QED) is 0.649. The van der Waals surface area contributed by atoms with E-state index in [4.69, 9.17) is 4.74 Å². The van der Waals surface area contributed by atoms with E-state index in [0.717, 1.165) is 56.4 Å². The van der Waals surface area contributed by atoms with Crippen molar-refractivity contribution in [1.29, 1.82) is 0 Å². The summed E-state index contributed by atoms with van der Waals surface area (Å²) >= 11 is 0. The molecule has 0 bridgehead atoms. The van der Waals surface area contributed by atoms with Crippen molar-refractivity contribution in [3.05, 3.63) is 59.9 Å². The Morgan fingerprint density at radius 3 is 2.59 bits per heavy atom. The van der Waals surface area contributed by atoms with Crippen LogP contribution >= 0.6 is 0 Å². The Kier molecular flexibility index (Phi) is 6.52. The molecule has 0 spiro atoms. The highest BCUT2D eigenvalue weighted by molar-refractivity contribution is 5.80. The third-order valence-corrected chi connectivity index (χ3v) is 4.80. The number of benzene rings is 2. The van der Waals surface area contributed by atoms with Crippen LogP contribution in [-0.4, -0.2) is 57.7 Å². The van der Waals surface area contributed by atoms with Crippen LogP contribution in [-0.2, 0) is 6.42 Å². The normalized spacial score (nSPS) is 15.0. The summed E-state index contributed by atoms with van der Waals surface area (Å²) in [6.07, 6.45) is 0.764. The van der Waals surface area contributed by atoms with E-state index in [0.29, 0.717) is 0 Å². The average molecular weight is 370 g/mol. The third kappa shape index (κ3) is 5.12. The van der Waals surface area contributed by atoms with Crippen molar-refractivity contribution in [2.75, 3.05) is 51.8 Å². The Bertz CT molecular complexity index is 772. The Labute approximate surface area is 160 Å². The molecule has 1 fully saturated rings. The van der Waals surface area contributed by atoms with Crippen molar-refractivity contribution in [2.24, 2.45) is 4.99 Å². The first-order valence-electron chi connectivity index (χ1n) is 9.28. The molecule has 0 saturated carbocycles. The molecule has 3 rings (SSSR count). The van der Waals surface area contributed by atoms with Gasteiger partial charge in [-0.1, -0.05) is 18.2 Å². The topological polar surface area (TPSA) is 40.1 Å². The summed E-state index contributed by atoms with van der Waals surface area (Å²) in [5.41, 5.74) is 2.17. The van der Waals surface area contributed by atoms with E-state index in [9.17, 15) is 4.39 Å². The number of piperazine rings is 1. The van der Waals surface area contributed by atoms with Gasteiger partial charge in [0.15, 0.2) is 5.96 Å². The molecule has 1 N–H and O–H groups in total. The van der Waals surface area contributed by atoms with Crippen molar-refractivity contribution in [1.82, 2.24) is 10.2 Å². The maximum atomic E-state index is 13.3. The van der Waals surface area contributed by atoms with Gasteiger partial charge in [0.25, 0.3) is 0 Å². The van der Waals surface area contributed by atoms with Crippen molar-refractivity contribution in [3.8, 4) is 5.75 Å². The molecule has 0 aliphatic carbocycles. The van der Waals surface area contributed by atoms with Gasteiger partial charge in [0.2, 0.25) is 0 Å². The largest absolute Gasteiger partial charge is 0.497 e. The molecule has 1 aliphatic heterocycles. The van der Waals surface area contributed by atoms with Crippen molar-refractivity contribution < 1.29 is 9.13 Å². The molecular formula is C21H27FN4O. The van der Waals surface area contributed by atoms with Gasteiger partial charge in [-0.15, -0.1) is 0 Å². The smallest absolute Gasteiger partial charge is 0.193 e. The summed E-state index contributed by atoms with van der Waals surface area (Å²) in [6, 6.07) is 14.9. The van der Waals surface area contributed by atoms with Gasteiger partial charge in [-0.3, -0.25) is 4.99 Å². The first-order chi connectivity index (χ1) is 13.2. The van der Waals surface area contributed by atoms with Crippen LogP contribution in [0.3, 0.4) is 0 Å². The second kappa shape index (κ2) is 9.26. The van der Waals surface area contributed by atoms with Gasteiger partial charge >= 0.3 is 0 Å². The van der Waals surface area contributed by atoms with Gasteiger partial charge in [-0.25, -0.2) is 4.39 Å². The number of halogens is 1. The predicted molar refractivity (Wildman–Crippen MR) is 108 cm³/mol. The summed E-state index contributed by atoms with van der Waals surface area (Å²) in [4.78, 5) is 9.03. The van der Waals surface area contributed by atoms with E-state index in [1.54, 1.807) is 26.3 Å². The minimum atomic E-state index is -0.189. The first kappa shape index (κ1) is 19.0. The SMILES string of the molecule is CN=C(NCCc1cccc(F)c1)N1CCN(c2cccc(OC)c2)CC1. The van der Waals surface area contributed by atoms with E-state index in [2.05, 4.69) is 32.2 Å². The second-order valence-corrected chi connectivity index (χ2v) is 6.53. The highest BCUT2D eigenvalue weighted by atomic mass is 19.1. The molecule has 2 aromatic rings. The minimum Gasteiger partial charge on any atom is -0.497 e. The number of nitrogens with zero attached hydrogens (tertiary/aromatic N) is 3. The van der Waals surface area contributed by atoms with Crippen molar-refractivity contribution >= 4 is 11.6 Å². The predicted octanol–water partition coefficient (Wildman–Crippen LogP) is 2.77. The fraction of sp³-hybridized carbons (Fsp3) is 0.381. The molecule has 27 heavy (non-hydrogen) atoms. The lowest BCUT2D eigenvalue weighted by molar-refractivity contribution is 0.372. The zero-order chi connectivity index (χ0) is 19.1. The summed E-state index contributed by atoms with van der Waals surface area (Å²) in [5.74, 6) is 1.59. The van der Waals surface area contributed by atoms with Crippen LogP contribution in [0.4, 0.5) is 10.1 Å². The van der Waals surface area contributed by atoms with E-state index in [-0.39, 0.29) is 5.82 Å². The Hall–Kier alpha value is -2.76. The average Bonchev–Trinajstić information content (AvgIpc) is 2.71. The summed E-state index contributed by atoms with van der Waals surface area (Å²) in [7, 11) is 3.50. The number of hydrogen-bond acceptors (Lipinski definition) is 3. The van der Waals surface area contributed by atoms with E-state index >= 15 is 0 Å². The molecule has 1 aliphatic rings. The lowest BCUT2D eigenvalue weighted by Crippen LogP contribution is -2.52. The zero-order valence-corrected chi connectivity index (χ0v) is 16.0. The van der Waals surface area contributed by atoms with Crippen molar-refractivity contribution in [3.63, 3.8) is 0 Å². The fourth-order valence-corrected chi connectivity index (χ4v) is 3.33. The van der Waals surface area contributed by atoms with E-state index in [1.165, 1.54) is 11.8 Å². The Morgan fingerprint density at radius 2 is 1.89 bits per heavy atom. The number of ether oxygens (including phenoxy) is 1. The van der Waals surface area contributed by atoms with Gasteiger partial charge in [-0.2, -0.15) is 0 Å². The maximum absolute atomic E-state index is 13.3. The fourth-order valence-electron chi connectivity index (χ4n) is 3.33. The van der Waals surface area contributed by atoms with Gasteiger partial charge in [0, 0.05) is 51.5 Å². The second-order valence-electron chi connectivity index (χ2n) is 6.53. The Balaban J connectivity index is 1.49. The summed E-state index contributed by atoms with van der Waals surface area (Å²) < 4.78 is 18.6. The minimum absolute atomic E-state index is 0.189. The van der Waals surface area contributed by atoms with Crippen LogP contribution in [0.25, 0.3) is 0 Å². The summed E-state index contributed by atoms with van der Waals surface area (Å²) in [6.45, 7) is 4.38. The van der Waals surface area contributed by atoms with Crippen LogP contribution in [0, 0.1) is 5.82 Å². The lowest BCUT2D eigenvalue weighted by atomic mass is 10.1. The van der Waals surface area contributed by atoms with Crippen LogP contribution in [0.2, 0.25) is 0 Å². The summed E-state index contributed by atoms with van der Waals surface area (Å²) in [5, 5.41) is 3.39. The number of aliphatic imine (C=N–C) groups is 1. The molecule has 0 amide bonds. The number of anilines is 1. The molecule has 1 saturated heterocycles. The zero-order valence-electron chi connectivity index (χ0n) is 16.0. The van der Waals surface area contributed by atoms with Crippen LogP contribution in [0.15, 0.2) is 53.5 Å². The molecule has 144 valence electrons. The van der Waals surface area contributed by atoms with Crippen LogP contribution in [0.1, 0.15) is 5.56 Å². The lowest BCUT2D eigenvalue weighted by Gasteiger charge is -2.37. The molecule has 0 aromatic heterocycles. The number of hydrogen-bond donors (Lipinski definition) is 1. The van der Waals surface area contributed by atoms with Crippen LogP contribution < -0.4 is 15.0 Å². The number of rotatable bonds is 5. The number of guanidine groups is 1. The molecule has 5 nitrogen and oxygen atoms in total. The van der Waals surface area contributed by atoms with Gasteiger partial charge in [-0.05, 0) is 36.2 Å². The Morgan fingerprint density at radius 1 is 1.11 bits per heavy atom. The maximum Gasteiger partial charge on any atom is 0.193 e. The molecule has 0 radical (unpaired) electrons. The molecule has 6 heteroatoms. The highest BCUT2D eigenvalue weighted by Crippen LogP contribution is 2.22. The van der Waals surface area contributed by atoms with Crippen LogP contribution in [0.5, 0.6) is 5.75 Å². The molecule has 2 aromatic carbocycles. The van der Waals surface area contributed by atoms with E-state index in [1.807, 2.05) is 18.2 Å². The molecule has 0 atom stereocenters. The van der Waals surface area contributed by atoms with Gasteiger partial charge in [0.1, 0.15) is 11.6 Å². The molecular weight excluding hydrogens is 343 g/mol. The van der Waals surface area contributed by atoms with Gasteiger partial charge in [0.05, 0.1) is 7.11 Å². The monoisotopic (exact) mass is 370 g/mol. The first-order valence-corrected chi connectivity index (χ1v) is 9.28. The van der Waals surface area contributed by atoms with E-state index < -0.39 is 0 Å². The standard InChI is InChI=1S/C21H27FN4O/c1-23-21(24-10-9-17-5-3-6-18(22)15-17)26-13-11-25(12-14-26)19-7-4-8-20(16-19)27-2/h3-8,15-16H,9-14H2,1-2H3,(H,23,24). The van der Waals surface area contributed by atoms with Crippen molar-refractivity contribution in [2.45, 2.75) is 6.42 Å². The highest BCUT2D eigenvalue weighted by Gasteiger charge is 2.20. The molecule has 0 unspecified atom stereocenters.